The molecular formula is C24H30N4O4. The van der Waals surface area contributed by atoms with Gasteiger partial charge in [-0.3, -0.25) is 19.7 Å². The van der Waals surface area contributed by atoms with Crippen LogP contribution < -0.4 is 5.32 Å². The summed E-state index contributed by atoms with van der Waals surface area (Å²) >= 11 is 0. The standard InChI is InChI=1S/C24H30N4O4/c29-23(9-4-8-20-6-2-1-3-7-20)26-16-18-27(19-17-26)24(30)10-5-15-25-21-11-13-22(14-12-21)28(31)32/h1-3,6-7,11-14,25H,4-5,8-10,15-19H2. The zero-order valence-electron chi connectivity index (χ0n) is 18.2. The highest BCUT2D eigenvalue weighted by atomic mass is 16.6. The summed E-state index contributed by atoms with van der Waals surface area (Å²) in [6, 6.07) is 16.4. The maximum absolute atomic E-state index is 12.5. The van der Waals surface area contributed by atoms with Crippen LogP contribution in [0.5, 0.6) is 0 Å². The number of carbonyl (C=O) groups is 2. The fourth-order valence-corrected chi connectivity index (χ4v) is 3.78. The summed E-state index contributed by atoms with van der Waals surface area (Å²) in [7, 11) is 0. The summed E-state index contributed by atoms with van der Waals surface area (Å²) in [6.07, 6.45) is 3.39. The third-order valence-corrected chi connectivity index (χ3v) is 5.66. The number of anilines is 1. The molecule has 1 saturated heterocycles. The lowest BCUT2D eigenvalue weighted by atomic mass is 10.1. The molecule has 2 aromatic carbocycles. The molecule has 1 aliphatic heterocycles. The van der Waals surface area contributed by atoms with Crippen molar-refractivity contribution in [3.8, 4) is 0 Å². The van der Waals surface area contributed by atoms with Crippen molar-refractivity contribution in [3.05, 3.63) is 70.3 Å². The van der Waals surface area contributed by atoms with Crippen molar-refractivity contribution in [2.75, 3.05) is 38.0 Å². The zero-order valence-corrected chi connectivity index (χ0v) is 18.2. The van der Waals surface area contributed by atoms with Crippen LogP contribution in [0.2, 0.25) is 0 Å². The van der Waals surface area contributed by atoms with Crippen molar-refractivity contribution in [1.82, 2.24) is 9.80 Å². The van der Waals surface area contributed by atoms with E-state index < -0.39 is 4.92 Å². The van der Waals surface area contributed by atoms with Crippen molar-refractivity contribution in [3.63, 3.8) is 0 Å². The molecule has 0 aliphatic carbocycles. The molecule has 0 bridgehead atoms. The van der Waals surface area contributed by atoms with Gasteiger partial charge in [-0.15, -0.1) is 0 Å². The van der Waals surface area contributed by atoms with Crippen LogP contribution in [0.15, 0.2) is 54.6 Å². The summed E-state index contributed by atoms with van der Waals surface area (Å²) in [4.78, 5) is 38.8. The summed E-state index contributed by atoms with van der Waals surface area (Å²) < 4.78 is 0. The van der Waals surface area contributed by atoms with Crippen molar-refractivity contribution in [2.24, 2.45) is 0 Å². The predicted molar refractivity (Wildman–Crippen MR) is 123 cm³/mol. The highest BCUT2D eigenvalue weighted by Crippen LogP contribution is 2.15. The number of nitro benzene ring substituents is 1. The fourth-order valence-electron chi connectivity index (χ4n) is 3.78. The van der Waals surface area contributed by atoms with Gasteiger partial charge in [0.15, 0.2) is 0 Å². The van der Waals surface area contributed by atoms with Gasteiger partial charge in [-0.25, -0.2) is 0 Å². The number of amides is 2. The monoisotopic (exact) mass is 438 g/mol. The Morgan fingerprint density at radius 1 is 0.844 bits per heavy atom. The van der Waals surface area contributed by atoms with Gasteiger partial charge < -0.3 is 15.1 Å². The van der Waals surface area contributed by atoms with Crippen LogP contribution in [-0.2, 0) is 16.0 Å². The topological polar surface area (TPSA) is 95.8 Å². The lowest BCUT2D eigenvalue weighted by Crippen LogP contribution is -2.50. The Hall–Kier alpha value is -3.42. The van der Waals surface area contributed by atoms with E-state index >= 15 is 0 Å². The lowest BCUT2D eigenvalue weighted by Gasteiger charge is -2.35. The van der Waals surface area contributed by atoms with E-state index in [0.717, 1.165) is 18.5 Å². The van der Waals surface area contributed by atoms with Gasteiger partial charge in [0, 0.05) is 63.4 Å². The Balaban J connectivity index is 1.29. The highest BCUT2D eigenvalue weighted by molar-refractivity contribution is 5.78. The van der Waals surface area contributed by atoms with Crippen molar-refractivity contribution < 1.29 is 14.5 Å². The highest BCUT2D eigenvalue weighted by Gasteiger charge is 2.23. The normalized spacial score (nSPS) is 13.6. The summed E-state index contributed by atoms with van der Waals surface area (Å²) in [6.45, 7) is 2.97. The number of aryl methyl sites for hydroxylation is 1. The molecule has 2 amide bonds. The third kappa shape index (κ3) is 7.08. The predicted octanol–water partition coefficient (Wildman–Crippen LogP) is 3.48. The van der Waals surface area contributed by atoms with Crippen molar-refractivity contribution in [1.29, 1.82) is 0 Å². The summed E-state index contributed by atoms with van der Waals surface area (Å²) in [5.74, 6) is 0.270. The molecular weight excluding hydrogens is 408 g/mol. The quantitative estimate of drug-likeness (QED) is 0.348. The van der Waals surface area contributed by atoms with E-state index in [9.17, 15) is 19.7 Å². The molecule has 1 N–H and O–H groups in total. The molecule has 2 aromatic rings. The average molecular weight is 439 g/mol. The Labute approximate surface area is 188 Å². The largest absolute Gasteiger partial charge is 0.385 e. The van der Waals surface area contributed by atoms with Crippen LogP contribution in [0.3, 0.4) is 0 Å². The van der Waals surface area contributed by atoms with Crippen LogP contribution in [0.25, 0.3) is 0 Å². The van der Waals surface area contributed by atoms with Crippen LogP contribution in [-0.4, -0.2) is 59.3 Å². The molecule has 170 valence electrons. The molecule has 1 fully saturated rings. The van der Waals surface area contributed by atoms with E-state index in [4.69, 9.17) is 0 Å². The smallest absolute Gasteiger partial charge is 0.269 e. The minimum absolute atomic E-state index is 0.0551. The van der Waals surface area contributed by atoms with Gasteiger partial charge in [0.2, 0.25) is 11.8 Å². The number of carbonyl (C=O) groups excluding carboxylic acids is 2. The van der Waals surface area contributed by atoms with Crippen LogP contribution in [0.1, 0.15) is 31.2 Å². The second-order valence-electron chi connectivity index (χ2n) is 7.94. The molecule has 3 rings (SSSR count). The number of hydrogen-bond acceptors (Lipinski definition) is 5. The molecule has 32 heavy (non-hydrogen) atoms. The maximum atomic E-state index is 12.5. The van der Waals surface area contributed by atoms with E-state index in [1.165, 1.54) is 17.7 Å². The number of non-ortho nitro benzene ring substituents is 1. The summed E-state index contributed by atoms with van der Waals surface area (Å²) in [5.41, 5.74) is 2.10. The number of rotatable bonds is 10. The minimum Gasteiger partial charge on any atom is -0.385 e. The molecule has 8 heteroatoms. The van der Waals surface area contributed by atoms with Gasteiger partial charge in [-0.2, -0.15) is 0 Å². The van der Waals surface area contributed by atoms with Gasteiger partial charge in [0.05, 0.1) is 4.92 Å². The first-order valence-electron chi connectivity index (χ1n) is 11.1. The summed E-state index contributed by atoms with van der Waals surface area (Å²) in [5, 5.41) is 13.9. The number of nitrogens with one attached hydrogen (secondary N) is 1. The fraction of sp³-hybridized carbons (Fsp3) is 0.417. The number of benzene rings is 2. The van der Waals surface area contributed by atoms with E-state index in [0.29, 0.717) is 52.0 Å². The second-order valence-corrected chi connectivity index (χ2v) is 7.94. The van der Waals surface area contributed by atoms with Crippen molar-refractivity contribution in [2.45, 2.75) is 32.1 Å². The second kappa shape index (κ2) is 11.8. The molecule has 0 saturated carbocycles. The Morgan fingerprint density at radius 3 is 1.97 bits per heavy atom. The third-order valence-electron chi connectivity index (χ3n) is 5.66. The van der Waals surface area contributed by atoms with Gasteiger partial charge in [0.25, 0.3) is 5.69 Å². The minimum atomic E-state index is -0.430. The SMILES string of the molecule is O=C(CCCNc1ccc([N+](=O)[O-])cc1)N1CCN(C(=O)CCCc2ccccc2)CC1. The maximum Gasteiger partial charge on any atom is 0.269 e. The van der Waals surface area contributed by atoms with E-state index in [2.05, 4.69) is 17.4 Å². The zero-order chi connectivity index (χ0) is 22.8. The van der Waals surface area contributed by atoms with Crippen LogP contribution in [0, 0.1) is 10.1 Å². The number of nitrogens with zero attached hydrogens (tertiary/aromatic N) is 3. The van der Waals surface area contributed by atoms with Gasteiger partial charge in [0.1, 0.15) is 0 Å². The first-order chi connectivity index (χ1) is 15.5. The molecule has 1 heterocycles. The van der Waals surface area contributed by atoms with Gasteiger partial charge in [-0.05, 0) is 37.0 Å². The van der Waals surface area contributed by atoms with Crippen LogP contribution >= 0.6 is 0 Å². The van der Waals surface area contributed by atoms with Crippen molar-refractivity contribution >= 4 is 23.2 Å². The molecule has 0 spiro atoms. The van der Waals surface area contributed by atoms with Gasteiger partial charge >= 0.3 is 0 Å². The van der Waals surface area contributed by atoms with Gasteiger partial charge in [-0.1, -0.05) is 30.3 Å². The number of hydrogen-bond donors (Lipinski definition) is 1. The first kappa shape index (κ1) is 23.2. The first-order valence-corrected chi connectivity index (χ1v) is 11.1. The van der Waals surface area contributed by atoms with Crippen LogP contribution in [0.4, 0.5) is 11.4 Å². The average Bonchev–Trinajstić information content (AvgIpc) is 2.82. The molecule has 0 atom stereocenters. The Morgan fingerprint density at radius 2 is 1.41 bits per heavy atom. The van der Waals surface area contributed by atoms with E-state index in [1.807, 2.05) is 28.0 Å². The molecule has 1 aliphatic rings. The Kier molecular flexibility index (Phi) is 8.60. The molecule has 0 radical (unpaired) electrons. The number of nitro groups is 1. The Bertz CT molecular complexity index is 894. The lowest BCUT2D eigenvalue weighted by molar-refractivity contribution is -0.384. The molecule has 8 nitrogen and oxygen atoms in total. The molecule has 0 aromatic heterocycles. The van der Waals surface area contributed by atoms with E-state index in [-0.39, 0.29) is 17.5 Å². The molecule has 0 unspecified atom stereocenters. The van der Waals surface area contributed by atoms with E-state index in [1.54, 1.807) is 12.1 Å². The number of piperazine rings is 1.